The third-order valence-electron chi connectivity index (χ3n) is 1.76. The van der Waals surface area contributed by atoms with Crippen molar-refractivity contribution in [3.8, 4) is 0 Å². The van der Waals surface area contributed by atoms with Gasteiger partial charge in [0.15, 0.2) is 0 Å². The van der Waals surface area contributed by atoms with E-state index in [0.29, 0.717) is 0 Å². The summed E-state index contributed by atoms with van der Waals surface area (Å²) in [6.07, 6.45) is 6.40. The number of rotatable bonds is 2. The molecule has 0 aromatic heterocycles. The monoisotopic (exact) mass is 287 g/mol. The van der Waals surface area contributed by atoms with Crippen molar-refractivity contribution >= 4 is 12.7 Å². The molecule has 0 N–H and O–H groups in total. The number of nitrogens with zero attached hydrogens (tertiary/aromatic N) is 1. The van der Waals surface area contributed by atoms with Gasteiger partial charge in [0.1, 0.15) is 6.29 Å². The molecule has 1 rings (SSSR count). The SMILES string of the molecule is CC(C)C=O.O=[C-]N1CCCCC1.[Rh]. The van der Waals surface area contributed by atoms with E-state index < -0.39 is 0 Å². The van der Waals surface area contributed by atoms with Gasteiger partial charge in [-0.05, 0) is 25.9 Å². The van der Waals surface area contributed by atoms with Gasteiger partial charge in [0, 0.05) is 25.4 Å². The number of likely N-dealkylation sites (tertiary alicyclic amines) is 1. The Balaban J connectivity index is 0. The van der Waals surface area contributed by atoms with Crippen LogP contribution in [-0.4, -0.2) is 30.7 Å². The zero-order valence-corrected chi connectivity index (χ0v) is 10.4. The van der Waals surface area contributed by atoms with Crippen molar-refractivity contribution in [2.45, 2.75) is 33.1 Å². The maximum atomic E-state index is 9.96. The normalized spacial score (nSPS) is 14.9. The average Bonchev–Trinajstić information content (AvgIpc) is 2.20. The van der Waals surface area contributed by atoms with Crippen LogP contribution in [0.4, 0.5) is 0 Å². The second-order valence-electron chi connectivity index (χ2n) is 3.52. The molecule has 0 aliphatic carbocycles. The summed E-state index contributed by atoms with van der Waals surface area (Å²) in [6, 6.07) is 0. The molecule has 0 aromatic carbocycles. The molecule has 0 unspecified atom stereocenters. The first-order valence-electron chi connectivity index (χ1n) is 4.78. The van der Waals surface area contributed by atoms with E-state index >= 15 is 0 Å². The first-order chi connectivity index (χ1) is 6.20. The predicted molar refractivity (Wildman–Crippen MR) is 52.0 cm³/mol. The Bertz CT molecular complexity index is 145. The van der Waals surface area contributed by atoms with Crippen LogP contribution < -0.4 is 0 Å². The third kappa shape index (κ3) is 9.85. The van der Waals surface area contributed by atoms with Crippen molar-refractivity contribution in [2.75, 3.05) is 13.1 Å². The van der Waals surface area contributed by atoms with Crippen LogP contribution in [-0.2, 0) is 29.1 Å². The molecule has 1 amide bonds. The molecule has 3 nitrogen and oxygen atoms in total. The molecule has 1 heterocycles. The zero-order chi connectivity index (χ0) is 10.1. The Hall–Kier alpha value is -0.237. The van der Waals surface area contributed by atoms with E-state index in [4.69, 9.17) is 0 Å². The molecule has 0 saturated carbocycles. The smallest absolute Gasteiger partial charge is 0.122 e. The van der Waals surface area contributed by atoms with Gasteiger partial charge in [-0.2, -0.15) is 6.41 Å². The van der Waals surface area contributed by atoms with E-state index in [1.807, 2.05) is 20.3 Å². The topological polar surface area (TPSA) is 37.4 Å². The summed E-state index contributed by atoms with van der Waals surface area (Å²) >= 11 is 0. The molecule has 1 saturated heterocycles. The van der Waals surface area contributed by atoms with E-state index in [1.54, 1.807) is 4.90 Å². The molecular weight excluding hydrogens is 269 g/mol. The fraction of sp³-hybridized carbons (Fsp3) is 0.800. The van der Waals surface area contributed by atoms with Crippen LogP contribution in [0.5, 0.6) is 0 Å². The Morgan fingerprint density at radius 2 is 1.64 bits per heavy atom. The van der Waals surface area contributed by atoms with Crippen LogP contribution >= 0.6 is 0 Å². The van der Waals surface area contributed by atoms with Crippen molar-refractivity contribution in [3.63, 3.8) is 0 Å². The summed E-state index contributed by atoms with van der Waals surface area (Å²) in [5, 5.41) is 0. The van der Waals surface area contributed by atoms with Crippen LogP contribution in [0.25, 0.3) is 0 Å². The number of hydrogen-bond acceptors (Lipinski definition) is 2. The van der Waals surface area contributed by atoms with Crippen LogP contribution in [0.1, 0.15) is 33.1 Å². The molecular formula is C10H18NO2Rh-. The van der Waals surface area contributed by atoms with Crippen LogP contribution in [0, 0.1) is 5.92 Å². The van der Waals surface area contributed by atoms with Crippen molar-refractivity contribution in [1.29, 1.82) is 0 Å². The third-order valence-corrected chi connectivity index (χ3v) is 1.76. The first kappa shape index (κ1) is 16.2. The van der Waals surface area contributed by atoms with Crippen molar-refractivity contribution in [3.05, 3.63) is 0 Å². The van der Waals surface area contributed by atoms with E-state index in [1.165, 1.54) is 6.42 Å². The molecule has 1 aliphatic heterocycles. The molecule has 0 bridgehead atoms. The summed E-state index contributed by atoms with van der Waals surface area (Å²) in [5.41, 5.74) is 0. The van der Waals surface area contributed by atoms with Gasteiger partial charge in [-0.25, -0.2) is 0 Å². The van der Waals surface area contributed by atoms with Gasteiger partial charge in [0.25, 0.3) is 0 Å². The fourth-order valence-corrected chi connectivity index (χ4v) is 0.985. The molecule has 1 aliphatic rings. The van der Waals surface area contributed by atoms with Gasteiger partial charge in [-0.15, -0.1) is 0 Å². The maximum absolute atomic E-state index is 9.96. The quantitative estimate of drug-likeness (QED) is 0.437. The van der Waals surface area contributed by atoms with E-state index in [9.17, 15) is 9.59 Å². The first-order valence-corrected chi connectivity index (χ1v) is 4.78. The van der Waals surface area contributed by atoms with Crippen molar-refractivity contribution in [1.82, 2.24) is 4.90 Å². The minimum Gasteiger partial charge on any atom is -0.520 e. The molecule has 14 heavy (non-hydrogen) atoms. The number of aldehydes is 1. The molecule has 85 valence electrons. The fourth-order valence-electron chi connectivity index (χ4n) is 0.985. The maximum Gasteiger partial charge on any atom is 0.122 e. The summed E-state index contributed by atoms with van der Waals surface area (Å²) in [4.78, 5) is 21.2. The molecule has 4 heteroatoms. The number of hydrogen-bond donors (Lipinski definition) is 0. The molecule has 1 radical (unpaired) electrons. The van der Waals surface area contributed by atoms with Gasteiger partial charge < -0.3 is 14.5 Å². The summed E-state index contributed by atoms with van der Waals surface area (Å²) in [6.45, 7) is 5.55. The average molecular weight is 287 g/mol. The second kappa shape index (κ2) is 10.8. The predicted octanol–water partition coefficient (Wildman–Crippen LogP) is 1.38. The molecule has 1 fully saturated rings. The van der Waals surface area contributed by atoms with Crippen LogP contribution in [0.15, 0.2) is 0 Å². The van der Waals surface area contributed by atoms with Crippen LogP contribution in [0.3, 0.4) is 0 Å². The van der Waals surface area contributed by atoms with Crippen molar-refractivity contribution < 1.29 is 29.1 Å². The van der Waals surface area contributed by atoms with E-state index in [-0.39, 0.29) is 25.4 Å². The van der Waals surface area contributed by atoms with Crippen molar-refractivity contribution in [2.24, 2.45) is 5.92 Å². The Labute approximate surface area is 99.0 Å². The Morgan fingerprint density at radius 1 is 1.21 bits per heavy atom. The Morgan fingerprint density at radius 3 is 1.86 bits per heavy atom. The number of carbonyl (C=O) groups is 1. The standard InChI is InChI=1S/C6H10NO.C4H8O.Rh/c8-6-7-4-2-1-3-5-7;1-4(2)3-5;/h1-5H2;3-4H,1-2H3;/q-1;;. The van der Waals surface area contributed by atoms with Gasteiger partial charge in [-0.3, -0.25) is 0 Å². The van der Waals surface area contributed by atoms with Gasteiger partial charge in [0.2, 0.25) is 0 Å². The minimum atomic E-state index is 0. The molecule has 0 aromatic rings. The molecule has 0 spiro atoms. The van der Waals surface area contributed by atoms with E-state index in [0.717, 1.165) is 32.2 Å². The van der Waals surface area contributed by atoms with Crippen LogP contribution in [0.2, 0.25) is 0 Å². The largest absolute Gasteiger partial charge is 0.520 e. The summed E-state index contributed by atoms with van der Waals surface area (Å²) < 4.78 is 0. The van der Waals surface area contributed by atoms with Gasteiger partial charge in [-0.1, -0.05) is 20.3 Å². The number of piperidine rings is 1. The van der Waals surface area contributed by atoms with Gasteiger partial charge >= 0.3 is 0 Å². The number of carbonyl (C=O) groups excluding carboxylic acids is 2. The second-order valence-corrected chi connectivity index (χ2v) is 3.52. The summed E-state index contributed by atoms with van der Waals surface area (Å²) in [5.74, 6) is 0.204. The minimum absolute atomic E-state index is 0. The Kier molecular flexibility index (Phi) is 12.5. The zero-order valence-electron chi connectivity index (χ0n) is 8.79. The van der Waals surface area contributed by atoms with Gasteiger partial charge in [0.05, 0.1) is 0 Å². The van der Waals surface area contributed by atoms with E-state index in [2.05, 4.69) is 0 Å². The summed E-state index contributed by atoms with van der Waals surface area (Å²) in [7, 11) is 0. The number of amides is 1. The molecule has 0 atom stereocenters.